The highest BCUT2D eigenvalue weighted by Crippen LogP contribution is 2.15. The van der Waals surface area contributed by atoms with Crippen molar-refractivity contribution in [1.29, 1.82) is 0 Å². The fourth-order valence-electron chi connectivity index (χ4n) is 1.88. The van der Waals surface area contributed by atoms with Crippen LogP contribution in [0.1, 0.15) is 18.5 Å². The van der Waals surface area contributed by atoms with Crippen molar-refractivity contribution in [2.75, 3.05) is 59.5 Å². The number of ether oxygens (including phenoxy) is 5. The van der Waals surface area contributed by atoms with Crippen LogP contribution in [-0.2, 0) is 18.9 Å². The summed E-state index contributed by atoms with van der Waals surface area (Å²) in [6, 6.07) is 7.80. The average Bonchev–Trinajstić information content (AvgIpc) is 2.62. The van der Waals surface area contributed by atoms with Crippen LogP contribution in [0.5, 0.6) is 5.75 Å². The maximum atomic E-state index is 5.80. The second-order valence-electron chi connectivity index (χ2n) is 5.30. The van der Waals surface area contributed by atoms with E-state index in [9.17, 15) is 0 Å². The predicted octanol–water partition coefficient (Wildman–Crippen LogP) is 1.78. The first kappa shape index (κ1) is 21.4. The smallest absolute Gasteiger partial charge is 0.119 e. The van der Waals surface area contributed by atoms with Gasteiger partial charge in [-0.25, -0.2) is 0 Å². The van der Waals surface area contributed by atoms with Gasteiger partial charge in [0, 0.05) is 6.04 Å². The number of hydrogen-bond donors (Lipinski definition) is 1. The molecule has 25 heavy (non-hydrogen) atoms. The minimum atomic E-state index is 0.0320. The fraction of sp³-hybridized carbons (Fsp3) is 0.579. The van der Waals surface area contributed by atoms with Crippen molar-refractivity contribution in [2.24, 2.45) is 5.73 Å². The van der Waals surface area contributed by atoms with Gasteiger partial charge in [0.25, 0.3) is 0 Å². The molecule has 1 rings (SSSR count). The highest BCUT2D eigenvalue weighted by molar-refractivity contribution is 5.28. The molecule has 0 amide bonds. The molecule has 0 aliphatic rings. The summed E-state index contributed by atoms with van der Waals surface area (Å²) >= 11 is 0. The lowest BCUT2D eigenvalue weighted by Crippen LogP contribution is -2.13. The van der Waals surface area contributed by atoms with Crippen LogP contribution in [0.15, 0.2) is 24.3 Å². The lowest BCUT2D eigenvalue weighted by molar-refractivity contribution is -0.00187. The molecule has 0 bridgehead atoms. The Labute approximate surface area is 150 Å². The lowest BCUT2D eigenvalue weighted by atomic mass is 10.1. The molecule has 2 N–H and O–H groups in total. The summed E-state index contributed by atoms with van der Waals surface area (Å²) in [6.45, 7) is 6.41. The zero-order chi connectivity index (χ0) is 18.2. The third-order valence-electron chi connectivity index (χ3n) is 3.20. The van der Waals surface area contributed by atoms with Gasteiger partial charge in [0.1, 0.15) is 19.0 Å². The Morgan fingerprint density at radius 2 is 1.32 bits per heavy atom. The first-order valence-corrected chi connectivity index (χ1v) is 8.47. The van der Waals surface area contributed by atoms with Gasteiger partial charge >= 0.3 is 0 Å². The molecular formula is C19H29NO5. The summed E-state index contributed by atoms with van der Waals surface area (Å²) in [5, 5.41) is 0. The van der Waals surface area contributed by atoms with Crippen LogP contribution < -0.4 is 10.5 Å². The molecular weight excluding hydrogens is 322 g/mol. The summed E-state index contributed by atoms with van der Waals surface area (Å²) < 4.78 is 26.8. The highest BCUT2D eigenvalue weighted by atomic mass is 16.6. The molecule has 6 nitrogen and oxygen atoms in total. The molecule has 1 aromatic rings. The SMILES string of the molecule is C#CCOCCOCCOCCOCCOc1ccc(C(C)N)cc1. The van der Waals surface area contributed by atoms with Crippen LogP contribution in [-0.4, -0.2) is 59.5 Å². The predicted molar refractivity (Wildman–Crippen MR) is 96.6 cm³/mol. The van der Waals surface area contributed by atoms with Gasteiger partial charge in [0.15, 0.2) is 0 Å². The van der Waals surface area contributed by atoms with Crippen LogP contribution in [0, 0.1) is 12.3 Å². The van der Waals surface area contributed by atoms with E-state index in [2.05, 4.69) is 5.92 Å². The van der Waals surface area contributed by atoms with E-state index in [0.717, 1.165) is 11.3 Å². The Hall–Kier alpha value is -1.62. The minimum absolute atomic E-state index is 0.0320. The van der Waals surface area contributed by atoms with Crippen LogP contribution in [0.25, 0.3) is 0 Å². The van der Waals surface area contributed by atoms with E-state index < -0.39 is 0 Å². The minimum Gasteiger partial charge on any atom is -0.491 e. The zero-order valence-electron chi connectivity index (χ0n) is 14.9. The maximum Gasteiger partial charge on any atom is 0.119 e. The van der Waals surface area contributed by atoms with Crippen molar-refractivity contribution in [3.05, 3.63) is 29.8 Å². The molecule has 140 valence electrons. The molecule has 0 aliphatic carbocycles. The molecule has 0 fully saturated rings. The van der Waals surface area contributed by atoms with Gasteiger partial charge in [-0.1, -0.05) is 18.1 Å². The first-order valence-electron chi connectivity index (χ1n) is 8.47. The van der Waals surface area contributed by atoms with Crippen LogP contribution >= 0.6 is 0 Å². The second-order valence-corrected chi connectivity index (χ2v) is 5.30. The quantitative estimate of drug-likeness (QED) is 0.384. The van der Waals surface area contributed by atoms with E-state index >= 15 is 0 Å². The summed E-state index contributed by atoms with van der Waals surface area (Å²) in [5.41, 5.74) is 6.89. The zero-order valence-corrected chi connectivity index (χ0v) is 14.9. The molecule has 0 heterocycles. The summed E-state index contributed by atoms with van der Waals surface area (Å²) in [7, 11) is 0. The van der Waals surface area contributed by atoms with Crippen molar-refractivity contribution in [1.82, 2.24) is 0 Å². The fourth-order valence-corrected chi connectivity index (χ4v) is 1.88. The number of benzene rings is 1. The van der Waals surface area contributed by atoms with Gasteiger partial charge in [-0.15, -0.1) is 6.42 Å². The Morgan fingerprint density at radius 1 is 0.840 bits per heavy atom. The maximum absolute atomic E-state index is 5.80. The molecule has 1 atom stereocenters. The third kappa shape index (κ3) is 11.5. The monoisotopic (exact) mass is 351 g/mol. The third-order valence-corrected chi connectivity index (χ3v) is 3.20. The van der Waals surface area contributed by atoms with Gasteiger partial charge in [-0.05, 0) is 24.6 Å². The number of terminal acetylenes is 1. The van der Waals surface area contributed by atoms with Gasteiger partial charge in [-0.3, -0.25) is 0 Å². The largest absolute Gasteiger partial charge is 0.491 e. The summed E-state index contributed by atoms with van der Waals surface area (Å²) in [4.78, 5) is 0. The van der Waals surface area contributed by atoms with Crippen molar-refractivity contribution in [3.8, 4) is 18.1 Å². The highest BCUT2D eigenvalue weighted by Gasteiger charge is 1.99. The normalized spacial score (nSPS) is 11.9. The molecule has 0 spiro atoms. The molecule has 6 heteroatoms. The van der Waals surface area contributed by atoms with E-state index in [0.29, 0.717) is 59.5 Å². The van der Waals surface area contributed by atoms with Crippen molar-refractivity contribution >= 4 is 0 Å². The van der Waals surface area contributed by atoms with Crippen LogP contribution in [0.2, 0.25) is 0 Å². The lowest BCUT2D eigenvalue weighted by Gasteiger charge is -2.10. The van der Waals surface area contributed by atoms with E-state index in [1.54, 1.807) is 0 Å². The van der Waals surface area contributed by atoms with Crippen LogP contribution in [0.4, 0.5) is 0 Å². The van der Waals surface area contributed by atoms with Gasteiger partial charge in [-0.2, -0.15) is 0 Å². The van der Waals surface area contributed by atoms with Gasteiger partial charge in [0.05, 0.1) is 46.2 Å². The Morgan fingerprint density at radius 3 is 1.80 bits per heavy atom. The Kier molecular flexibility index (Phi) is 12.6. The second kappa shape index (κ2) is 14.7. The van der Waals surface area contributed by atoms with E-state index in [1.807, 2.05) is 31.2 Å². The Bertz CT molecular complexity index is 470. The average molecular weight is 351 g/mol. The van der Waals surface area contributed by atoms with Crippen molar-refractivity contribution in [2.45, 2.75) is 13.0 Å². The van der Waals surface area contributed by atoms with Gasteiger partial charge in [0.2, 0.25) is 0 Å². The molecule has 1 unspecified atom stereocenters. The first-order chi connectivity index (χ1) is 12.2. The Balaban J connectivity index is 1.85. The molecule has 0 aromatic heterocycles. The van der Waals surface area contributed by atoms with Gasteiger partial charge < -0.3 is 29.4 Å². The topological polar surface area (TPSA) is 72.2 Å². The standard InChI is InChI=1S/C19H29NO5/c1-3-8-21-9-10-22-11-12-23-13-14-24-15-16-25-19-6-4-18(5-7-19)17(2)20/h1,4-7,17H,8-16,20H2,2H3. The van der Waals surface area contributed by atoms with E-state index in [4.69, 9.17) is 35.8 Å². The van der Waals surface area contributed by atoms with E-state index in [1.165, 1.54) is 0 Å². The number of rotatable bonds is 15. The number of nitrogens with two attached hydrogens (primary N) is 1. The van der Waals surface area contributed by atoms with Crippen molar-refractivity contribution < 1.29 is 23.7 Å². The molecule has 1 aromatic carbocycles. The molecule has 0 saturated heterocycles. The van der Waals surface area contributed by atoms with Crippen LogP contribution in [0.3, 0.4) is 0 Å². The molecule has 0 saturated carbocycles. The summed E-state index contributed by atoms with van der Waals surface area (Å²) in [5.74, 6) is 3.21. The molecule has 0 radical (unpaired) electrons. The summed E-state index contributed by atoms with van der Waals surface area (Å²) in [6.07, 6.45) is 5.05. The molecule has 0 aliphatic heterocycles. The number of hydrogen-bond acceptors (Lipinski definition) is 6. The van der Waals surface area contributed by atoms with E-state index in [-0.39, 0.29) is 6.04 Å². The van der Waals surface area contributed by atoms with Crippen molar-refractivity contribution in [3.63, 3.8) is 0 Å².